The van der Waals surface area contributed by atoms with E-state index in [1.165, 1.54) is 0 Å². The van der Waals surface area contributed by atoms with Crippen molar-refractivity contribution in [2.45, 2.75) is 25.7 Å². The lowest BCUT2D eigenvalue weighted by Gasteiger charge is -2.31. The molecule has 80 valence electrons. The van der Waals surface area contributed by atoms with Crippen molar-refractivity contribution in [3.8, 4) is 0 Å². The maximum absolute atomic E-state index is 12.8. The number of alkyl halides is 2. The van der Waals surface area contributed by atoms with Gasteiger partial charge in [-0.05, 0) is 13.3 Å². The topological polar surface area (TPSA) is 57.6 Å². The minimum absolute atomic E-state index is 0.0293. The van der Waals surface area contributed by atoms with Gasteiger partial charge in [0.05, 0.1) is 0 Å². The fourth-order valence-electron chi connectivity index (χ4n) is 1.47. The quantitative estimate of drug-likeness (QED) is 0.709. The lowest BCUT2D eigenvalue weighted by Crippen LogP contribution is -2.45. The molecule has 1 fully saturated rings. The van der Waals surface area contributed by atoms with Crippen molar-refractivity contribution in [2.75, 3.05) is 6.54 Å². The molecule has 6 heteroatoms. The summed E-state index contributed by atoms with van der Waals surface area (Å²) in [6.07, 6.45) is -1.73. The van der Waals surface area contributed by atoms with Gasteiger partial charge in [-0.2, -0.15) is 0 Å². The second kappa shape index (κ2) is 3.51. The van der Waals surface area contributed by atoms with E-state index in [0.717, 1.165) is 6.92 Å². The summed E-state index contributed by atoms with van der Waals surface area (Å²) in [6, 6.07) is 0. The number of likely N-dealkylation sites (tertiary alicyclic amines) is 1. The smallest absolute Gasteiger partial charge is 0.414 e. The van der Waals surface area contributed by atoms with Gasteiger partial charge in [0.1, 0.15) is 0 Å². The summed E-state index contributed by atoms with van der Waals surface area (Å²) in [6.45, 7) is 0.615. The highest BCUT2D eigenvalue weighted by Gasteiger charge is 2.41. The van der Waals surface area contributed by atoms with Crippen molar-refractivity contribution in [1.82, 2.24) is 4.90 Å². The number of rotatable bonds is 1. The Balaban J connectivity index is 2.65. The average molecular weight is 207 g/mol. The van der Waals surface area contributed by atoms with Crippen molar-refractivity contribution in [3.05, 3.63) is 0 Å². The van der Waals surface area contributed by atoms with Crippen molar-refractivity contribution in [2.24, 2.45) is 5.92 Å². The van der Waals surface area contributed by atoms with E-state index < -0.39 is 30.3 Å². The minimum Gasteiger partial charge on any atom is -0.465 e. The van der Waals surface area contributed by atoms with Crippen molar-refractivity contribution < 1.29 is 23.5 Å². The van der Waals surface area contributed by atoms with Crippen LogP contribution in [-0.4, -0.2) is 34.5 Å². The summed E-state index contributed by atoms with van der Waals surface area (Å²) < 4.78 is 25.6. The number of carbonyl (C=O) groups excluding carboxylic acids is 1. The molecule has 1 heterocycles. The van der Waals surface area contributed by atoms with Crippen LogP contribution in [0.5, 0.6) is 0 Å². The van der Waals surface area contributed by atoms with E-state index in [2.05, 4.69) is 0 Å². The third kappa shape index (κ3) is 2.18. The summed E-state index contributed by atoms with van der Waals surface area (Å²) >= 11 is 0. The normalized spacial score (nSPS) is 23.8. The number of piperidine rings is 1. The minimum atomic E-state index is -2.92. The molecule has 1 atom stereocenters. The van der Waals surface area contributed by atoms with Gasteiger partial charge in [-0.25, -0.2) is 18.5 Å². The maximum Gasteiger partial charge on any atom is 0.414 e. The van der Waals surface area contributed by atoms with Crippen LogP contribution in [0.25, 0.3) is 0 Å². The van der Waals surface area contributed by atoms with Gasteiger partial charge in [-0.3, -0.25) is 4.79 Å². The van der Waals surface area contributed by atoms with Crippen LogP contribution in [0.3, 0.4) is 0 Å². The Hall–Kier alpha value is -1.20. The number of halogens is 2. The molecule has 1 aliphatic rings. The molecule has 0 radical (unpaired) electrons. The molecule has 14 heavy (non-hydrogen) atoms. The van der Waals surface area contributed by atoms with Gasteiger partial charge in [-0.15, -0.1) is 0 Å². The number of hydrogen-bond donors (Lipinski definition) is 1. The zero-order chi connectivity index (χ0) is 10.9. The molecule has 2 amide bonds. The molecule has 4 nitrogen and oxygen atoms in total. The molecule has 1 aliphatic heterocycles. The first kappa shape index (κ1) is 10.9. The number of imide groups is 1. The number of carboxylic acid groups (broad SMARTS) is 1. The van der Waals surface area contributed by atoms with E-state index in [4.69, 9.17) is 5.11 Å². The number of nitrogens with zero attached hydrogens (tertiary/aromatic N) is 1. The van der Waals surface area contributed by atoms with Crippen LogP contribution in [-0.2, 0) is 4.79 Å². The lowest BCUT2D eigenvalue weighted by atomic mass is 9.91. The molecular formula is C8H11F2NO3. The third-order valence-electron chi connectivity index (χ3n) is 2.37. The predicted molar refractivity (Wildman–Crippen MR) is 43.1 cm³/mol. The molecule has 0 aliphatic carbocycles. The van der Waals surface area contributed by atoms with Crippen LogP contribution < -0.4 is 0 Å². The summed E-state index contributed by atoms with van der Waals surface area (Å²) in [7, 11) is 0. The number of carbonyl (C=O) groups is 2. The van der Waals surface area contributed by atoms with E-state index >= 15 is 0 Å². The van der Waals surface area contributed by atoms with E-state index in [-0.39, 0.29) is 13.0 Å². The Kier molecular flexibility index (Phi) is 2.73. The molecule has 0 aromatic rings. The zero-order valence-electron chi connectivity index (χ0n) is 7.67. The fourth-order valence-corrected chi connectivity index (χ4v) is 1.47. The molecule has 1 rings (SSSR count). The summed E-state index contributed by atoms with van der Waals surface area (Å²) in [5.74, 6) is -4.69. The van der Waals surface area contributed by atoms with Crippen LogP contribution in [0.2, 0.25) is 0 Å². The van der Waals surface area contributed by atoms with Crippen molar-refractivity contribution in [3.63, 3.8) is 0 Å². The largest absolute Gasteiger partial charge is 0.465 e. The number of amides is 2. The second-order valence-corrected chi connectivity index (χ2v) is 3.47. The molecule has 1 saturated heterocycles. The molecular weight excluding hydrogens is 196 g/mol. The molecule has 1 unspecified atom stereocenters. The third-order valence-corrected chi connectivity index (χ3v) is 2.37. The Bertz CT molecular complexity index is 262. The first-order valence-electron chi connectivity index (χ1n) is 4.23. The highest BCUT2D eigenvalue weighted by Crippen LogP contribution is 2.32. The van der Waals surface area contributed by atoms with Gasteiger partial charge in [-0.1, -0.05) is 0 Å². The molecule has 0 spiro atoms. The van der Waals surface area contributed by atoms with E-state index in [1.54, 1.807) is 0 Å². The van der Waals surface area contributed by atoms with Crippen LogP contribution in [0.1, 0.15) is 19.8 Å². The Morgan fingerprint density at radius 1 is 1.64 bits per heavy atom. The molecule has 1 N–H and O–H groups in total. The van der Waals surface area contributed by atoms with Crippen LogP contribution >= 0.6 is 0 Å². The van der Waals surface area contributed by atoms with E-state index in [0.29, 0.717) is 4.90 Å². The highest BCUT2D eigenvalue weighted by atomic mass is 19.3. The van der Waals surface area contributed by atoms with Crippen LogP contribution in [0, 0.1) is 5.92 Å². The van der Waals surface area contributed by atoms with Gasteiger partial charge in [0.25, 0.3) is 0 Å². The molecule has 0 aromatic carbocycles. The monoisotopic (exact) mass is 207 g/mol. The lowest BCUT2D eigenvalue weighted by molar-refractivity contribution is -0.139. The molecule has 0 bridgehead atoms. The maximum atomic E-state index is 12.8. The summed E-state index contributed by atoms with van der Waals surface area (Å²) in [5, 5.41) is 8.52. The second-order valence-electron chi connectivity index (χ2n) is 3.47. The summed E-state index contributed by atoms with van der Waals surface area (Å²) in [5.41, 5.74) is 0. The predicted octanol–water partition coefficient (Wildman–Crippen LogP) is 1.56. The Labute approximate surface area is 79.5 Å². The summed E-state index contributed by atoms with van der Waals surface area (Å²) in [4.78, 5) is 22.1. The standard InChI is InChI=1S/C8H11F2NO3/c1-8(9,10)5-2-3-11(7(13)14)6(12)4-5/h5H,2-4H2,1H3,(H,13,14). The van der Waals surface area contributed by atoms with Crippen LogP contribution in [0.4, 0.5) is 13.6 Å². The van der Waals surface area contributed by atoms with Crippen molar-refractivity contribution in [1.29, 1.82) is 0 Å². The first-order valence-corrected chi connectivity index (χ1v) is 4.23. The Morgan fingerprint density at radius 2 is 2.21 bits per heavy atom. The molecule has 0 saturated carbocycles. The fraction of sp³-hybridized carbons (Fsp3) is 0.750. The first-order chi connectivity index (χ1) is 6.32. The van der Waals surface area contributed by atoms with Gasteiger partial charge in [0.15, 0.2) is 0 Å². The van der Waals surface area contributed by atoms with Gasteiger partial charge in [0, 0.05) is 18.9 Å². The average Bonchev–Trinajstić information content (AvgIpc) is 2.01. The van der Waals surface area contributed by atoms with Gasteiger partial charge < -0.3 is 5.11 Å². The van der Waals surface area contributed by atoms with Gasteiger partial charge >= 0.3 is 6.09 Å². The zero-order valence-corrected chi connectivity index (χ0v) is 7.67. The van der Waals surface area contributed by atoms with Crippen molar-refractivity contribution >= 4 is 12.0 Å². The Morgan fingerprint density at radius 3 is 2.57 bits per heavy atom. The highest BCUT2D eigenvalue weighted by molar-refractivity contribution is 5.91. The van der Waals surface area contributed by atoms with E-state index in [1.807, 2.05) is 0 Å². The molecule has 0 aromatic heterocycles. The number of hydrogen-bond acceptors (Lipinski definition) is 2. The SMILES string of the molecule is CC(F)(F)C1CCN(C(=O)O)C(=O)C1. The van der Waals surface area contributed by atoms with Gasteiger partial charge in [0.2, 0.25) is 11.8 Å². The van der Waals surface area contributed by atoms with E-state index in [9.17, 15) is 18.4 Å². The van der Waals surface area contributed by atoms with Crippen LogP contribution in [0.15, 0.2) is 0 Å².